The van der Waals surface area contributed by atoms with Crippen LogP contribution in [0.5, 0.6) is 5.75 Å². The predicted octanol–water partition coefficient (Wildman–Crippen LogP) is 4.29. The van der Waals surface area contributed by atoms with Crippen molar-refractivity contribution in [3.63, 3.8) is 0 Å². The Morgan fingerprint density at radius 3 is 2.41 bits per heavy atom. The van der Waals surface area contributed by atoms with Crippen molar-refractivity contribution in [1.29, 1.82) is 0 Å². The zero-order valence-corrected chi connectivity index (χ0v) is 14.2. The predicted molar refractivity (Wildman–Crippen MR) is 93.5 cm³/mol. The number of benzene rings is 2. The molecular formula is C17H19BrN2O2. The van der Waals surface area contributed by atoms with Crippen molar-refractivity contribution < 1.29 is 9.53 Å². The lowest BCUT2D eigenvalue weighted by molar-refractivity contribution is -0.114. The van der Waals surface area contributed by atoms with Crippen molar-refractivity contribution in [2.45, 2.75) is 20.0 Å². The highest BCUT2D eigenvalue weighted by molar-refractivity contribution is 9.10. The highest BCUT2D eigenvalue weighted by Crippen LogP contribution is 2.25. The molecule has 2 aromatic carbocycles. The van der Waals surface area contributed by atoms with Crippen LogP contribution >= 0.6 is 15.9 Å². The van der Waals surface area contributed by atoms with Gasteiger partial charge in [0.2, 0.25) is 5.91 Å². The van der Waals surface area contributed by atoms with E-state index >= 15 is 0 Å². The van der Waals surface area contributed by atoms with Gasteiger partial charge in [0.1, 0.15) is 5.75 Å². The van der Waals surface area contributed by atoms with Crippen LogP contribution in [0, 0.1) is 0 Å². The maximum atomic E-state index is 12.1. The largest absolute Gasteiger partial charge is 0.489 e. The first kappa shape index (κ1) is 16.4. The molecule has 0 fully saturated rings. The lowest BCUT2D eigenvalue weighted by Gasteiger charge is -2.15. The van der Waals surface area contributed by atoms with Crippen molar-refractivity contribution in [2.24, 2.45) is 0 Å². The second-order valence-electron chi connectivity index (χ2n) is 5.04. The summed E-state index contributed by atoms with van der Waals surface area (Å²) < 4.78 is 6.61. The van der Waals surface area contributed by atoms with E-state index in [0.29, 0.717) is 11.4 Å². The zero-order valence-electron chi connectivity index (χ0n) is 12.6. The van der Waals surface area contributed by atoms with Crippen LogP contribution in [0.15, 0.2) is 53.0 Å². The van der Waals surface area contributed by atoms with E-state index in [1.165, 1.54) is 0 Å². The van der Waals surface area contributed by atoms with Crippen LogP contribution in [0.4, 0.5) is 11.4 Å². The Balaban J connectivity index is 1.96. The van der Waals surface area contributed by atoms with Gasteiger partial charge >= 0.3 is 0 Å². The van der Waals surface area contributed by atoms with Gasteiger partial charge in [0.25, 0.3) is 0 Å². The third kappa shape index (κ3) is 4.77. The number of hydrogen-bond donors (Lipinski definition) is 2. The van der Waals surface area contributed by atoms with Gasteiger partial charge in [-0.15, -0.1) is 0 Å². The lowest BCUT2D eigenvalue weighted by Crippen LogP contribution is -2.22. The Hall–Kier alpha value is -2.01. The van der Waals surface area contributed by atoms with Crippen LogP contribution < -0.4 is 15.4 Å². The summed E-state index contributed by atoms with van der Waals surface area (Å²) in [4.78, 5) is 12.1. The molecule has 0 bridgehead atoms. The van der Waals surface area contributed by atoms with Crippen molar-refractivity contribution >= 4 is 33.2 Å². The molecule has 0 saturated carbocycles. The molecule has 116 valence electrons. The molecule has 0 aliphatic rings. The number of para-hydroxylation sites is 3. The number of ether oxygens (including phenoxy) is 1. The summed E-state index contributed by atoms with van der Waals surface area (Å²) in [5.41, 5.74) is 1.56. The number of rotatable bonds is 6. The van der Waals surface area contributed by atoms with E-state index in [-0.39, 0.29) is 18.6 Å². The number of amides is 1. The smallest absolute Gasteiger partial charge is 0.243 e. The Kier molecular flexibility index (Phi) is 5.83. The lowest BCUT2D eigenvalue weighted by atomic mass is 10.3. The van der Waals surface area contributed by atoms with Crippen LogP contribution in [0.3, 0.4) is 0 Å². The first-order chi connectivity index (χ1) is 10.6. The first-order valence-corrected chi connectivity index (χ1v) is 7.89. The monoisotopic (exact) mass is 362 g/mol. The quantitative estimate of drug-likeness (QED) is 0.805. The summed E-state index contributed by atoms with van der Waals surface area (Å²) in [7, 11) is 0. The number of carbonyl (C=O) groups is 1. The van der Waals surface area contributed by atoms with E-state index < -0.39 is 0 Å². The van der Waals surface area contributed by atoms with Gasteiger partial charge in [-0.25, -0.2) is 0 Å². The van der Waals surface area contributed by atoms with Crippen molar-refractivity contribution in [3.8, 4) is 5.75 Å². The molecule has 1 amide bonds. The first-order valence-electron chi connectivity index (χ1n) is 7.10. The van der Waals surface area contributed by atoms with E-state index in [1.54, 1.807) is 0 Å². The average Bonchev–Trinajstić information content (AvgIpc) is 2.48. The van der Waals surface area contributed by atoms with Gasteiger partial charge in [-0.2, -0.15) is 0 Å². The zero-order chi connectivity index (χ0) is 15.9. The van der Waals surface area contributed by atoms with Gasteiger partial charge in [0.15, 0.2) is 0 Å². The molecule has 0 atom stereocenters. The van der Waals surface area contributed by atoms with E-state index in [2.05, 4.69) is 26.6 Å². The molecule has 0 aliphatic heterocycles. The molecule has 2 N–H and O–H groups in total. The summed E-state index contributed by atoms with van der Waals surface area (Å²) >= 11 is 3.44. The van der Waals surface area contributed by atoms with E-state index in [0.717, 1.165) is 10.2 Å². The van der Waals surface area contributed by atoms with Crippen LogP contribution in [-0.4, -0.2) is 18.6 Å². The highest BCUT2D eigenvalue weighted by Gasteiger charge is 2.09. The molecule has 22 heavy (non-hydrogen) atoms. The second kappa shape index (κ2) is 7.84. The Labute approximate surface area is 139 Å². The van der Waals surface area contributed by atoms with E-state index in [4.69, 9.17) is 4.74 Å². The third-order valence-corrected chi connectivity index (χ3v) is 3.53. The third-order valence-electron chi connectivity index (χ3n) is 2.84. The Bertz CT molecular complexity index is 644. The molecule has 0 unspecified atom stereocenters. The number of halogens is 1. The molecule has 0 spiro atoms. The molecule has 0 aromatic heterocycles. The highest BCUT2D eigenvalue weighted by atomic mass is 79.9. The summed E-state index contributed by atoms with van der Waals surface area (Å²) in [6.45, 7) is 4.08. The summed E-state index contributed by atoms with van der Waals surface area (Å²) in [5, 5.41) is 5.96. The fourth-order valence-electron chi connectivity index (χ4n) is 1.90. The summed E-state index contributed by atoms with van der Waals surface area (Å²) in [6, 6.07) is 15.1. The molecule has 0 saturated heterocycles. The van der Waals surface area contributed by atoms with Gasteiger partial charge in [0, 0.05) is 10.2 Å². The molecule has 4 nitrogen and oxygen atoms in total. The van der Waals surface area contributed by atoms with Crippen molar-refractivity contribution in [3.05, 3.63) is 53.0 Å². The molecule has 2 rings (SSSR count). The van der Waals surface area contributed by atoms with E-state index in [9.17, 15) is 4.79 Å². The molecule has 0 radical (unpaired) electrons. The van der Waals surface area contributed by atoms with Gasteiger partial charge in [-0.05, 0) is 54.0 Å². The van der Waals surface area contributed by atoms with Gasteiger partial charge in [-0.3, -0.25) is 4.79 Å². The Morgan fingerprint density at radius 1 is 1.09 bits per heavy atom. The molecular weight excluding hydrogens is 344 g/mol. The molecule has 0 heterocycles. The maximum Gasteiger partial charge on any atom is 0.243 e. The van der Waals surface area contributed by atoms with Gasteiger partial charge in [-0.1, -0.05) is 24.3 Å². The number of anilines is 2. The Morgan fingerprint density at radius 2 is 1.73 bits per heavy atom. The maximum absolute atomic E-state index is 12.1. The van der Waals surface area contributed by atoms with Crippen LogP contribution in [-0.2, 0) is 4.79 Å². The summed E-state index contributed by atoms with van der Waals surface area (Å²) in [6.07, 6.45) is 0.0523. The van der Waals surface area contributed by atoms with E-state index in [1.807, 2.05) is 62.4 Å². The minimum atomic E-state index is -0.129. The van der Waals surface area contributed by atoms with Crippen LogP contribution in [0.25, 0.3) is 0 Å². The second-order valence-corrected chi connectivity index (χ2v) is 5.90. The summed E-state index contributed by atoms with van der Waals surface area (Å²) in [5.74, 6) is 0.544. The fourth-order valence-corrected chi connectivity index (χ4v) is 2.33. The minimum absolute atomic E-state index is 0.0523. The SMILES string of the molecule is CC(C)Oc1ccccc1NC(=O)CNc1ccccc1Br. The van der Waals surface area contributed by atoms with Crippen molar-refractivity contribution in [2.75, 3.05) is 17.2 Å². The number of hydrogen-bond acceptors (Lipinski definition) is 3. The fraction of sp³-hybridized carbons (Fsp3) is 0.235. The number of carbonyl (C=O) groups excluding carboxylic acids is 1. The molecule has 2 aromatic rings. The topological polar surface area (TPSA) is 50.4 Å². The standard InChI is InChI=1S/C17H19BrN2O2/c1-12(2)22-16-10-6-5-9-15(16)20-17(21)11-19-14-8-4-3-7-13(14)18/h3-10,12,19H,11H2,1-2H3,(H,20,21). The average molecular weight is 363 g/mol. The minimum Gasteiger partial charge on any atom is -0.489 e. The molecule has 0 aliphatic carbocycles. The normalized spacial score (nSPS) is 10.4. The van der Waals surface area contributed by atoms with Gasteiger partial charge < -0.3 is 15.4 Å². The number of nitrogens with one attached hydrogen (secondary N) is 2. The van der Waals surface area contributed by atoms with Crippen LogP contribution in [0.1, 0.15) is 13.8 Å². The van der Waals surface area contributed by atoms with Gasteiger partial charge in [0.05, 0.1) is 18.3 Å². The van der Waals surface area contributed by atoms with Crippen molar-refractivity contribution in [1.82, 2.24) is 0 Å². The van der Waals surface area contributed by atoms with Crippen LogP contribution in [0.2, 0.25) is 0 Å². The molecule has 5 heteroatoms.